The molecule has 0 fully saturated rings. The zero-order valence-corrected chi connectivity index (χ0v) is 17.5. The molecule has 146 valence electrons. The minimum Gasteiger partial charge on any atom is -0.496 e. The second-order valence-electron chi connectivity index (χ2n) is 5.76. The van der Waals surface area contributed by atoms with Gasteiger partial charge in [-0.25, -0.2) is 9.78 Å². The van der Waals surface area contributed by atoms with Crippen LogP contribution in [0, 0.1) is 0 Å². The molecule has 0 aliphatic carbocycles. The van der Waals surface area contributed by atoms with Crippen molar-refractivity contribution in [3.63, 3.8) is 0 Å². The normalized spacial score (nSPS) is 10.5. The number of esters is 1. The first kappa shape index (κ1) is 20.3. The Morgan fingerprint density at radius 1 is 1.29 bits per heavy atom. The van der Waals surface area contributed by atoms with Crippen LogP contribution in [0.1, 0.15) is 16.1 Å². The average molecular weight is 463 g/mol. The molecule has 0 amide bonds. The summed E-state index contributed by atoms with van der Waals surface area (Å²) in [5, 5.41) is 14.6. The molecule has 8 heteroatoms. The number of aromatic nitrogens is 1. The molecule has 0 radical (unpaired) electrons. The molecule has 3 aromatic rings. The molecule has 0 unspecified atom stereocenters. The number of halogens is 1. The molecule has 0 aliphatic rings. The third-order valence-electron chi connectivity index (χ3n) is 3.87. The van der Waals surface area contributed by atoms with Gasteiger partial charge in [-0.1, -0.05) is 28.1 Å². The largest absolute Gasteiger partial charge is 0.496 e. The van der Waals surface area contributed by atoms with E-state index in [9.17, 15) is 4.79 Å². The zero-order valence-electron chi connectivity index (χ0n) is 15.1. The second kappa shape index (κ2) is 9.68. The molecule has 6 nitrogen and oxygen atoms in total. The van der Waals surface area contributed by atoms with Crippen LogP contribution in [-0.4, -0.2) is 36.3 Å². The van der Waals surface area contributed by atoms with Crippen LogP contribution in [0.4, 0.5) is 5.69 Å². The molecule has 2 aromatic carbocycles. The molecule has 0 aliphatic heterocycles. The summed E-state index contributed by atoms with van der Waals surface area (Å²) in [4.78, 5) is 17.0. The van der Waals surface area contributed by atoms with E-state index in [4.69, 9.17) is 14.6 Å². The lowest BCUT2D eigenvalue weighted by molar-refractivity contribution is 0.0469. The van der Waals surface area contributed by atoms with E-state index >= 15 is 0 Å². The summed E-state index contributed by atoms with van der Waals surface area (Å²) in [6, 6.07) is 12.7. The van der Waals surface area contributed by atoms with E-state index in [1.54, 1.807) is 25.3 Å². The second-order valence-corrected chi connectivity index (χ2v) is 7.53. The number of benzene rings is 2. The molecule has 0 saturated carbocycles. The number of aliphatic hydroxyl groups excluding tert-OH is 1. The fourth-order valence-electron chi connectivity index (χ4n) is 2.57. The van der Waals surface area contributed by atoms with Gasteiger partial charge in [0.25, 0.3) is 0 Å². The SMILES string of the molecule is COc1ccc(Br)cc1-c1nc(COC(=O)c2ccccc2NCCO)cs1. The number of hydrogen-bond acceptors (Lipinski definition) is 7. The monoisotopic (exact) mass is 462 g/mol. The third-order valence-corrected chi connectivity index (χ3v) is 5.29. The predicted molar refractivity (Wildman–Crippen MR) is 113 cm³/mol. The van der Waals surface area contributed by atoms with Crippen molar-refractivity contribution in [2.24, 2.45) is 0 Å². The van der Waals surface area contributed by atoms with Crippen molar-refractivity contribution in [1.82, 2.24) is 4.98 Å². The van der Waals surface area contributed by atoms with Gasteiger partial charge in [-0.2, -0.15) is 0 Å². The standard InChI is InChI=1S/C20H19BrN2O4S/c1-26-18-7-6-13(21)10-16(18)19-23-14(12-28-19)11-27-20(25)15-4-2-3-5-17(15)22-8-9-24/h2-7,10,12,22,24H,8-9,11H2,1H3. The van der Waals surface area contributed by atoms with Crippen LogP contribution < -0.4 is 10.1 Å². The zero-order chi connectivity index (χ0) is 19.9. The quantitative estimate of drug-likeness (QED) is 0.484. The molecule has 2 N–H and O–H groups in total. The molecular weight excluding hydrogens is 444 g/mol. The fourth-order valence-corrected chi connectivity index (χ4v) is 3.75. The predicted octanol–water partition coefficient (Wildman–Crippen LogP) is 4.34. The Kier molecular flexibility index (Phi) is 7.02. The molecule has 28 heavy (non-hydrogen) atoms. The van der Waals surface area contributed by atoms with E-state index in [1.165, 1.54) is 11.3 Å². The van der Waals surface area contributed by atoms with Crippen LogP contribution in [-0.2, 0) is 11.3 Å². The van der Waals surface area contributed by atoms with Gasteiger partial charge in [-0.05, 0) is 30.3 Å². The summed E-state index contributed by atoms with van der Waals surface area (Å²) in [5.41, 5.74) is 2.58. The Balaban J connectivity index is 1.70. The van der Waals surface area contributed by atoms with Crippen molar-refractivity contribution in [3.8, 4) is 16.3 Å². The lowest BCUT2D eigenvalue weighted by Gasteiger charge is -2.10. The van der Waals surface area contributed by atoms with Crippen LogP contribution in [0.25, 0.3) is 10.6 Å². The molecule has 1 heterocycles. The van der Waals surface area contributed by atoms with Crippen LogP contribution in [0.2, 0.25) is 0 Å². The summed E-state index contributed by atoms with van der Waals surface area (Å²) < 4.78 is 11.8. The van der Waals surface area contributed by atoms with Gasteiger partial charge in [-0.3, -0.25) is 0 Å². The van der Waals surface area contributed by atoms with Gasteiger partial charge in [-0.15, -0.1) is 11.3 Å². The number of hydrogen-bond donors (Lipinski definition) is 2. The number of nitrogens with one attached hydrogen (secondary N) is 1. The number of para-hydroxylation sites is 1. The Labute approximate surface area is 175 Å². The Morgan fingerprint density at radius 3 is 2.89 bits per heavy atom. The minimum absolute atomic E-state index is 0.0238. The first-order chi connectivity index (χ1) is 13.6. The first-order valence-electron chi connectivity index (χ1n) is 8.51. The topological polar surface area (TPSA) is 80.7 Å². The van der Waals surface area contributed by atoms with Gasteiger partial charge >= 0.3 is 5.97 Å². The van der Waals surface area contributed by atoms with Crippen LogP contribution in [0.15, 0.2) is 52.3 Å². The Hall–Kier alpha value is -2.42. The summed E-state index contributed by atoms with van der Waals surface area (Å²) in [5.74, 6) is 0.278. The number of rotatable bonds is 8. The van der Waals surface area contributed by atoms with Gasteiger partial charge in [0.15, 0.2) is 0 Å². The summed E-state index contributed by atoms with van der Waals surface area (Å²) in [6.45, 7) is 0.401. The third kappa shape index (κ3) is 4.89. The van der Waals surface area contributed by atoms with Crippen molar-refractivity contribution < 1.29 is 19.4 Å². The molecule has 0 atom stereocenters. The number of anilines is 1. The number of thiazole rings is 1. The Bertz CT molecular complexity index is 961. The van der Waals surface area contributed by atoms with E-state index in [2.05, 4.69) is 26.2 Å². The molecule has 0 saturated heterocycles. The number of carbonyl (C=O) groups excluding carboxylic acids is 1. The molecule has 0 spiro atoms. The minimum atomic E-state index is -0.448. The number of aliphatic hydroxyl groups is 1. The van der Waals surface area contributed by atoms with Crippen molar-refractivity contribution in [3.05, 3.63) is 63.6 Å². The highest BCUT2D eigenvalue weighted by Crippen LogP contribution is 2.34. The average Bonchev–Trinajstić information content (AvgIpc) is 3.19. The maximum absolute atomic E-state index is 12.4. The van der Waals surface area contributed by atoms with E-state index in [-0.39, 0.29) is 13.2 Å². The van der Waals surface area contributed by atoms with Gasteiger partial charge in [0.1, 0.15) is 17.4 Å². The van der Waals surface area contributed by atoms with E-state index in [1.807, 2.05) is 29.6 Å². The number of nitrogens with zero attached hydrogens (tertiary/aromatic N) is 1. The van der Waals surface area contributed by atoms with Gasteiger partial charge in [0.05, 0.1) is 30.5 Å². The Morgan fingerprint density at radius 2 is 2.11 bits per heavy atom. The molecular formula is C20H19BrN2O4S. The highest BCUT2D eigenvalue weighted by atomic mass is 79.9. The fraction of sp³-hybridized carbons (Fsp3) is 0.200. The summed E-state index contributed by atoms with van der Waals surface area (Å²) in [6.07, 6.45) is 0. The lowest BCUT2D eigenvalue weighted by atomic mass is 10.2. The van der Waals surface area contributed by atoms with Crippen molar-refractivity contribution in [1.29, 1.82) is 0 Å². The number of carbonyl (C=O) groups is 1. The maximum Gasteiger partial charge on any atom is 0.340 e. The smallest absolute Gasteiger partial charge is 0.340 e. The van der Waals surface area contributed by atoms with Crippen LogP contribution >= 0.6 is 27.3 Å². The van der Waals surface area contributed by atoms with E-state index in [0.717, 1.165) is 20.8 Å². The highest BCUT2D eigenvalue weighted by molar-refractivity contribution is 9.10. The van der Waals surface area contributed by atoms with Crippen molar-refractivity contribution in [2.45, 2.75) is 6.61 Å². The summed E-state index contributed by atoms with van der Waals surface area (Å²) >= 11 is 4.92. The van der Waals surface area contributed by atoms with Gasteiger partial charge in [0.2, 0.25) is 0 Å². The maximum atomic E-state index is 12.4. The first-order valence-corrected chi connectivity index (χ1v) is 10.2. The summed E-state index contributed by atoms with van der Waals surface area (Å²) in [7, 11) is 1.62. The molecule has 1 aromatic heterocycles. The molecule has 0 bridgehead atoms. The van der Waals surface area contributed by atoms with Crippen molar-refractivity contribution in [2.75, 3.05) is 25.6 Å². The van der Waals surface area contributed by atoms with Crippen LogP contribution in [0.3, 0.4) is 0 Å². The highest BCUT2D eigenvalue weighted by Gasteiger charge is 2.15. The van der Waals surface area contributed by atoms with E-state index < -0.39 is 5.97 Å². The number of methoxy groups -OCH3 is 1. The lowest BCUT2D eigenvalue weighted by Crippen LogP contribution is -2.12. The van der Waals surface area contributed by atoms with Gasteiger partial charge in [0, 0.05) is 22.1 Å². The van der Waals surface area contributed by atoms with Crippen LogP contribution in [0.5, 0.6) is 5.75 Å². The van der Waals surface area contributed by atoms with E-state index in [0.29, 0.717) is 23.5 Å². The van der Waals surface area contributed by atoms with Gasteiger partial charge < -0.3 is 19.9 Å². The van der Waals surface area contributed by atoms with Crippen molar-refractivity contribution >= 4 is 38.9 Å². The number of ether oxygens (including phenoxy) is 2. The molecule has 3 rings (SSSR count).